The van der Waals surface area contributed by atoms with Crippen LogP contribution in [0.1, 0.15) is 24.5 Å². The normalized spacial score (nSPS) is 10.8. The molecule has 2 rings (SSSR count). The summed E-state index contributed by atoms with van der Waals surface area (Å²) >= 11 is 0. The van der Waals surface area contributed by atoms with Gasteiger partial charge in [-0.25, -0.2) is 4.99 Å². The molecule has 2 aromatic rings. The van der Waals surface area contributed by atoms with Gasteiger partial charge in [0.2, 0.25) is 0 Å². The maximum Gasteiger partial charge on any atom is 0.269 e. The second-order valence-corrected chi connectivity index (χ2v) is 5.90. The summed E-state index contributed by atoms with van der Waals surface area (Å²) in [5, 5.41) is 17.3. The smallest absolute Gasteiger partial charge is 0.269 e. The van der Waals surface area contributed by atoms with E-state index in [1.807, 2.05) is 37.3 Å². The first-order chi connectivity index (χ1) is 13.2. The van der Waals surface area contributed by atoms with Crippen LogP contribution < -0.4 is 10.6 Å². The number of hydrogen-bond acceptors (Lipinski definition) is 4. The molecule has 152 valence electrons. The number of nitro benzene ring substituents is 1. The summed E-state index contributed by atoms with van der Waals surface area (Å²) in [6, 6.07) is 16.5. The maximum absolute atomic E-state index is 10.7. The zero-order valence-corrected chi connectivity index (χ0v) is 18.3. The van der Waals surface area contributed by atoms with Gasteiger partial charge < -0.3 is 15.4 Å². The van der Waals surface area contributed by atoms with Gasteiger partial charge in [-0.15, -0.1) is 24.0 Å². The van der Waals surface area contributed by atoms with E-state index in [2.05, 4.69) is 15.6 Å². The van der Waals surface area contributed by atoms with Gasteiger partial charge in [0.1, 0.15) is 0 Å². The van der Waals surface area contributed by atoms with Crippen LogP contribution >= 0.6 is 24.0 Å². The molecule has 28 heavy (non-hydrogen) atoms. The van der Waals surface area contributed by atoms with Crippen LogP contribution in [0.4, 0.5) is 5.69 Å². The number of nitro groups is 1. The topological polar surface area (TPSA) is 88.8 Å². The van der Waals surface area contributed by atoms with E-state index in [1.165, 1.54) is 12.1 Å². The van der Waals surface area contributed by atoms with Gasteiger partial charge in [0.25, 0.3) is 5.69 Å². The standard InChI is InChI=1S/C20H26N4O3.HI/c1-2-27-14-6-13-21-20(22-15-17-7-4-3-5-8-17)23-16-18-9-11-19(12-10-18)24(25)26;/h3-5,7-12H,2,6,13-16H2,1H3,(H2,21,22,23);1H. The van der Waals surface area contributed by atoms with Gasteiger partial charge in [0.05, 0.1) is 11.5 Å². The number of hydrogen-bond donors (Lipinski definition) is 2. The van der Waals surface area contributed by atoms with E-state index < -0.39 is 4.92 Å². The first-order valence-electron chi connectivity index (χ1n) is 9.06. The van der Waals surface area contributed by atoms with Crippen LogP contribution in [-0.2, 0) is 17.8 Å². The van der Waals surface area contributed by atoms with Gasteiger partial charge in [0, 0.05) is 38.4 Å². The van der Waals surface area contributed by atoms with Gasteiger partial charge in [-0.2, -0.15) is 0 Å². The fourth-order valence-electron chi connectivity index (χ4n) is 2.37. The molecule has 0 amide bonds. The SMILES string of the molecule is CCOCCCNC(=NCc1ccccc1)NCc1ccc([N+](=O)[O-])cc1.I. The Morgan fingerprint density at radius 3 is 2.43 bits per heavy atom. The van der Waals surface area contributed by atoms with E-state index >= 15 is 0 Å². The first-order valence-corrected chi connectivity index (χ1v) is 9.06. The number of benzene rings is 2. The van der Waals surface area contributed by atoms with Crippen LogP contribution in [0.2, 0.25) is 0 Å². The molecule has 2 N–H and O–H groups in total. The highest BCUT2D eigenvalue weighted by atomic mass is 127. The number of ether oxygens (including phenoxy) is 1. The molecule has 0 aromatic heterocycles. The first kappa shape index (κ1) is 23.8. The molecule has 0 aliphatic carbocycles. The van der Waals surface area contributed by atoms with Crippen LogP contribution in [0, 0.1) is 10.1 Å². The maximum atomic E-state index is 10.7. The number of halogens is 1. The van der Waals surface area contributed by atoms with Crippen LogP contribution in [0.5, 0.6) is 0 Å². The summed E-state index contributed by atoms with van der Waals surface area (Å²) in [4.78, 5) is 15.0. The van der Waals surface area contributed by atoms with Crippen molar-refractivity contribution in [1.82, 2.24) is 10.6 Å². The summed E-state index contributed by atoms with van der Waals surface area (Å²) in [5.41, 5.74) is 2.16. The minimum Gasteiger partial charge on any atom is -0.382 e. The number of nitrogens with one attached hydrogen (secondary N) is 2. The third-order valence-corrected chi connectivity index (χ3v) is 3.83. The van der Waals surface area contributed by atoms with Crippen LogP contribution in [0.25, 0.3) is 0 Å². The molecule has 0 saturated heterocycles. The molecule has 2 aromatic carbocycles. The molecule has 0 saturated carbocycles. The van der Waals surface area contributed by atoms with Crippen LogP contribution in [-0.4, -0.2) is 30.6 Å². The fraction of sp³-hybridized carbons (Fsp3) is 0.350. The fourth-order valence-corrected chi connectivity index (χ4v) is 2.37. The second kappa shape index (κ2) is 13.9. The van der Waals surface area contributed by atoms with Crippen molar-refractivity contribution in [3.8, 4) is 0 Å². The monoisotopic (exact) mass is 498 g/mol. The van der Waals surface area contributed by atoms with Gasteiger partial charge in [-0.1, -0.05) is 42.5 Å². The molecule has 8 heteroatoms. The van der Waals surface area contributed by atoms with Crippen molar-refractivity contribution in [2.45, 2.75) is 26.4 Å². The Hall–Kier alpha value is -2.20. The van der Waals surface area contributed by atoms with Crippen molar-refractivity contribution >= 4 is 35.6 Å². The van der Waals surface area contributed by atoms with Gasteiger partial charge in [0.15, 0.2) is 5.96 Å². The van der Waals surface area contributed by atoms with E-state index in [0.717, 1.165) is 24.1 Å². The largest absolute Gasteiger partial charge is 0.382 e. The van der Waals surface area contributed by atoms with Crippen molar-refractivity contribution in [1.29, 1.82) is 0 Å². The van der Waals surface area contributed by atoms with Gasteiger partial charge in [-0.05, 0) is 24.5 Å². The summed E-state index contributed by atoms with van der Waals surface area (Å²) < 4.78 is 5.35. The minimum atomic E-state index is -0.399. The highest BCUT2D eigenvalue weighted by Gasteiger charge is 2.05. The van der Waals surface area contributed by atoms with Crippen molar-refractivity contribution < 1.29 is 9.66 Å². The Balaban J connectivity index is 0.00000392. The van der Waals surface area contributed by atoms with Crippen molar-refractivity contribution in [2.75, 3.05) is 19.8 Å². The summed E-state index contributed by atoms with van der Waals surface area (Å²) in [7, 11) is 0. The lowest BCUT2D eigenvalue weighted by Crippen LogP contribution is -2.37. The molecule has 0 aliphatic heterocycles. The van der Waals surface area contributed by atoms with Crippen molar-refractivity contribution in [3.63, 3.8) is 0 Å². The highest BCUT2D eigenvalue weighted by Crippen LogP contribution is 2.11. The van der Waals surface area contributed by atoms with E-state index in [4.69, 9.17) is 4.74 Å². The van der Waals surface area contributed by atoms with E-state index in [9.17, 15) is 10.1 Å². The van der Waals surface area contributed by atoms with E-state index in [-0.39, 0.29) is 29.7 Å². The predicted molar refractivity (Wildman–Crippen MR) is 122 cm³/mol. The zero-order chi connectivity index (χ0) is 19.3. The molecule has 0 atom stereocenters. The third-order valence-electron chi connectivity index (χ3n) is 3.83. The number of non-ortho nitro benzene ring substituents is 1. The van der Waals surface area contributed by atoms with Gasteiger partial charge >= 0.3 is 0 Å². The Morgan fingerprint density at radius 2 is 1.79 bits per heavy atom. The lowest BCUT2D eigenvalue weighted by molar-refractivity contribution is -0.384. The number of nitrogens with zero attached hydrogens (tertiary/aromatic N) is 2. The number of guanidine groups is 1. The Kier molecular flexibility index (Phi) is 11.8. The van der Waals surface area contributed by atoms with Crippen LogP contribution in [0.15, 0.2) is 59.6 Å². The summed E-state index contributed by atoms with van der Waals surface area (Å²) in [6.45, 7) is 5.25. The molecular formula is C20H27IN4O3. The molecule has 0 bridgehead atoms. The van der Waals surface area contributed by atoms with E-state index in [1.54, 1.807) is 12.1 Å². The van der Waals surface area contributed by atoms with E-state index in [0.29, 0.717) is 32.3 Å². The Morgan fingerprint density at radius 1 is 1.07 bits per heavy atom. The van der Waals surface area contributed by atoms with Crippen molar-refractivity contribution in [3.05, 3.63) is 75.8 Å². The second-order valence-electron chi connectivity index (χ2n) is 5.90. The number of rotatable bonds is 10. The average molecular weight is 498 g/mol. The lowest BCUT2D eigenvalue weighted by Gasteiger charge is -2.13. The molecule has 0 spiro atoms. The minimum absolute atomic E-state index is 0. The molecular weight excluding hydrogens is 471 g/mol. The molecule has 0 heterocycles. The molecule has 0 unspecified atom stereocenters. The molecule has 0 fully saturated rings. The summed E-state index contributed by atoms with van der Waals surface area (Å²) in [5.74, 6) is 0.703. The predicted octanol–water partition coefficient (Wildman–Crippen LogP) is 3.87. The van der Waals surface area contributed by atoms with Gasteiger partial charge in [-0.3, -0.25) is 10.1 Å². The van der Waals surface area contributed by atoms with Crippen molar-refractivity contribution in [2.24, 2.45) is 4.99 Å². The molecule has 7 nitrogen and oxygen atoms in total. The lowest BCUT2D eigenvalue weighted by atomic mass is 10.2. The average Bonchev–Trinajstić information content (AvgIpc) is 2.70. The highest BCUT2D eigenvalue weighted by molar-refractivity contribution is 14.0. The Labute approximate surface area is 182 Å². The van der Waals surface area contributed by atoms with Crippen LogP contribution in [0.3, 0.4) is 0 Å². The zero-order valence-electron chi connectivity index (χ0n) is 16.0. The summed E-state index contributed by atoms with van der Waals surface area (Å²) in [6.07, 6.45) is 0.886. The molecule has 0 aliphatic rings. The molecule has 0 radical (unpaired) electrons. The Bertz CT molecular complexity index is 724. The number of aliphatic imine (C=N–C) groups is 1. The quantitative estimate of drug-likeness (QED) is 0.130. The third kappa shape index (κ3) is 9.14.